The van der Waals surface area contributed by atoms with Gasteiger partial charge in [-0.1, -0.05) is 42.2 Å². The lowest BCUT2D eigenvalue weighted by molar-refractivity contribution is -0.125. The van der Waals surface area contributed by atoms with E-state index >= 15 is 0 Å². The van der Waals surface area contributed by atoms with Crippen molar-refractivity contribution < 1.29 is 28.9 Å². The molecule has 1 fully saturated rings. The van der Waals surface area contributed by atoms with Crippen LogP contribution in [0.15, 0.2) is 48.5 Å². The van der Waals surface area contributed by atoms with E-state index in [0.717, 1.165) is 22.4 Å². The van der Waals surface area contributed by atoms with Crippen molar-refractivity contribution in [1.82, 2.24) is 5.32 Å². The Bertz CT molecular complexity index is 1160. The van der Waals surface area contributed by atoms with Gasteiger partial charge in [0.25, 0.3) is 0 Å². The molecule has 0 saturated carbocycles. The number of para-hydroxylation sites is 1. The van der Waals surface area contributed by atoms with E-state index in [9.17, 15) is 14.7 Å². The summed E-state index contributed by atoms with van der Waals surface area (Å²) < 4.78 is 16.4. The fraction of sp³-hybridized carbons (Fsp3) is 0.448. The van der Waals surface area contributed by atoms with E-state index in [1.807, 2.05) is 48.5 Å². The highest BCUT2D eigenvalue weighted by Crippen LogP contribution is 2.27. The average Bonchev–Trinajstić information content (AvgIpc) is 3.20. The number of fused-ring (bicyclic) bond motifs is 2. The molecular formula is C29H34N2O6. The Kier molecular flexibility index (Phi) is 9.31. The second kappa shape index (κ2) is 12.8. The Morgan fingerprint density at radius 2 is 1.78 bits per heavy atom. The van der Waals surface area contributed by atoms with Gasteiger partial charge in [0.1, 0.15) is 18.3 Å². The molecule has 0 radical (unpaired) electrons. The van der Waals surface area contributed by atoms with Gasteiger partial charge >= 0.3 is 0 Å². The fourth-order valence-corrected chi connectivity index (χ4v) is 4.82. The van der Waals surface area contributed by atoms with Crippen LogP contribution in [0, 0.1) is 11.8 Å². The number of nitrogens with one attached hydrogen (secondary N) is 1. The molecule has 37 heavy (non-hydrogen) atoms. The summed E-state index contributed by atoms with van der Waals surface area (Å²) in [4.78, 5) is 27.5. The second-order valence-electron chi connectivity index (χ2n) is 9.26. The van der Waals surface area contributed by atoms with Crippen LogP contribution in [-0.2, 0) is 30.3 Å². The molecule has 2 aromatic carbocycles. The number of aliphatic hydroxyl groups excluding tert-OH is 1. The van der Waals surface area contributed by atoms with E-state index in [-0.39, 0.29) is 30.8 Å². The molecule has 2 aliphatic heterocycles. The predicted octanol–water partition coefficient (Wildman–Crippen LogP) is 2.40. The first-order valence-corrected chi connectivity index (χ1v) is 12.6. The van der Waals surface area contributed by atoms with E-state index in [1.54, 1.807) is 19.1 Å². The average molecular weight is 507 g/mol. The van der Waals surface area contributed by atoms with E-state index in [1.165, 1.54) is 0 Å². The maximum atomic E-state index is 13.3. The van der Waals surface area contributed by atoms with Crippen molar-refractivity contribution in [3.63, 3.8) is 0 Å². The lowest BCUT2D eigenvalue weighted by Crippen LogP contribution is -2.36. The molecule has 2 aliphatic rings. The fourth-order valence-electron chi connectivity index (χ4n) is 4.82. The maximum Gasteiger partial charge on any atom is 0.227 e. The Balaban J connectivity index is 1.28. The normalized spacial score (nSPS) is 22.2. The number of carbonyl (C=O) groups excluding carboxylic acids is 2. The van der Waals surface area contributed by atoms with Crippen LogP contribution < -0.4 is 10.2 Å². The van der Waals surface area contributed by atoms with Crippen molar-refractivity contribution in [1.29, 1.82) is 0 Å². The number of nitrogens with zero attached hydrogens (tertiary/aromatic N) is 1. The van der Waals surface area contributed by atoms with E-state index in [0.29, 0.717) is 32.5 Å². The Morgan fingerprint density at radius 1 is 1.05 bits per heavy atom. The van der Waals surface area contributed by atoms with Crippen LogP contribution in [-0.4, -0.2) is 68.7 Å². The molecule has 8 nitrogen and oxygen atoms in total. The topological polar surface area (TPSA) is 97.3 Å². The number of hydrogen-bond acceptors (Lipinski definition) is 6. The van der Waals surface area contributed by atoms with Crippen LogP contribution >= 0.6 is 0 Å². The first-order valence-electron chi connectivity index (χ1n) is 12.6. The molecule has 196 valence electrons. The third-order valence-electron chi connectivity index (χ3n) is 6.76. The summed E-state index contributed by atoms with van der Waals surface area (Å²) in [5.74, 6) is 6.09. The number of benzene rings is 2. The Morgan fingerprint density at radius 3 is 2.57 bits per heavy atom. The van der Waals surface area contributed by atoms with Crippen LogP contribution in [0.4, 0.5) is 5.69 Å². The number of hydrogen-bond donors (Lipinski definition) is 2. The standard InChI is InChI=1S/C29H34N2O6/c1-35-19-25-28(34)29(36-2)24(37-25)12-7-17-30-26(32)15-16-27(33)31-18-22-10-4-3-8-20(22)13-14-21-9-5-6-11-23(21)31/h3-6,8-11,24-25,28-29,34H,7,12,15-19H2,1-2H3,(H,30,32)/t24-,25+,28+,29-/m0/s1. The van der Waals surface area contributed by atoms with Crippen LogP contribution in [0.1, 0.15) is 42.4 Å². The molecule has 0 aliphatic carbocycles. The van der Waals surface area contributed by atoms with Gasteiger partial charge in [-0.3, -0.25) is 9.59 Å². The molecule has 2 aromatic rings. The number of carbonyl (C=O) groups is 2. The van der Waals surface area contributed by atoms with Crippen molar-refractivity contribution in [3.8, 4) is 11.8 Å². The smallest absolute Gasteiger partial charge is 0.227 e. The minimum Gasteiger partial charge on any atom is -0.387 e. The largest absolute Gasteiger partial charge is 0.387 e. The quantitative estimate of drug-likeness (QED) is 0.380. The highest BCUT2D eigenvalue weighted by atomic mass is 16.6. The summed E-state index contributed by atoms with van der Waals surface area (Å²) in [6.07, 6.45) is -0.390. The molecule has 1 saturated heterocycles. The first kappa shape index (κ1) is 26.8. The molecule has 2 heterocycles. The summed E-state index contributed by atoms with van der Waals surface area (Å²) in [6.45, 7) is 1.14. The van der Waals surface area contributed by atoms with E-state index in [4.69, 9.17) is 14.2 Å². The van der Waals surface area contributed by atoms with Gasteiger partial charge < -0.3 is 29.5 Å². The molecule has 0 unspecified atom stereocenters. The SMILES string of the molecule is COC[C@H]1O[C@@H](CCCNC(=O)CCC(=O)N2Cc3ccccc3C#Cc3ccccc32)[C@H](OC)[C@@H]1O. The van der Waals surface area contributed by atoms with Crippen molar-refractivity contribution in [2.45, 2.75) is 56.6 Å². The first-order chi connectivity index (χ1) is 18.0. The minimum atomic E-state index is -0.748. The van der Waals surface area contributed by atoms with Gasteiger partial charge in [0.2, 0.25) is 11.8 Å². The molecule has 4 rings (SSSR count). The highest BCUT2D eigenvalue weighted by molar-refractivity contribution is 5.96. The van der Waals surface area contributed by atoms with Crippen molar-refractivity contribution in [2.24, 2.45) is 0 Å². The van der Waals surface area contributed by atoms with E-state index in [2.05, 4.69) is 17.2 Å². The lowest BCUT2D eigenvalue weighted by Gasteiger charge is -2.26. The number of anilines is 1. The Labute approximate surface area is 217 Å². The van der Waals surface area contributed by atoms with Crippen molar-refractivity contribution >= 4 is 17.5 Å². The number of methoxy groups -OCH3 is 2. The second-order valence-corrected chi connectivity index (χ2v) is 9.26. The summed E-state index contributed by atoms with van der Waals surface area (Å²) in [6, 6.07) is 15.4. The summed E-state index contributed by atoms with van der Waals surface area (Å²) in [5.41, 5.74) is 3.42. The summed E-state index contributed by atoms with van der Waals surface area (Å²) in [5, 5.41) is 13.2. The van der Waals surface area contributed by atoms with Crippen molar-refractivity contribution in [2.75, 3.05) is 32.3 Å². The van der Waals surface area contributed by atoms with Crippen LogP contribution in [0.25, 0.3) is 0 Å². The number of aliphatic hydroxyl groups is 1. The highest BCUT2D eigenvalue weighted by Gasteiger charge is 2.43. The predicted molar refractivity (Wildman–Crippen MR) is 139 cm³/mol. The van der Waals surface area contributed by atoms with Gasteiger partial charge in [-0.25, -0.2) is 0 Å². The minimum absolute atomic E-state index is 0.0954. The van der Waals surface area contributed by atoms with Gasteiger partial charge in [0.05, 0.1) is 24.9 Å². The zero-order valence-electron chi connectivity index (χ0n) is 21.3. The third-order valence-corrected chi connectivity index (χ3v) is 6.76. The molecule has 8 heteroatoms. The summed E-state index contributed by atoms with van der Waals surface area (Å²) in [7, 11) is 3.11. The zero-order valence-corrected chi connectivity index (χ0v) is 21.3. The van der Waals surface area contributed by atoms with Gasteiger partial charge in [0.15, 0.2) is 0 Å². The summed E-state index contributed by atoms with van der Waals surface area (Å²) >= 11 is 0. The molecule has 0 bridgehead atoms. The van der Waals surface area contributed by atoms with Gasteiger partial charge in [-0.05, 0) is 36.6 Å². The maximum absolute atomic E-state index is 13.3. The van der Waals surface area contributed by atoms with Crippen LogP contribution in [0.3, 0.4) is 0 Å². The van der Waals surface area contributed by atoms with Gasteiger partial charge in [-0.15, -0.1) is 0 Å². The lowest BCUT2D eigenvalue weighted by atomic mass is 10.0. The molecule has 4 atom stereocenters. The van der Waals surface area contributed by atoms with Gasteiger partial charge in [-0.2, -0.15) is 0 Å². The van der Waals surface area contributed by atoms with Crippen LogP contribution in [0.2, 0.25) is 0 Å². The molecule has 2 amide bonds. The van der Waals surface area contributed by atoms with Crippen LogP contribution in [0.5, 0.6) is 0 Å². The third kappa shape index (κ3) is 6.56. The molecule has 0 spiro atoms. The van der Waals surface area contributed by atoms with Crippen molar-refractivity contribution in [3.05, 3.63) is 65.2 Å². The monoisotopic (exact) mass is 506 g/mol. The number of ether oxygens (including phenoxy) is 3. The number of amides is 2. The molecule has 0 aromatic heterocycles. The van der Waals surface area contributed by atoms with Gasteiger partial charge in [0, 0.05) is 44.7 Å². The molecule has 2 N–H and O–H groups in total. The van der Waals surface area contributed by atoms with E-state index < -0.39 is 18.3 Å². The Hall–Kier alpha value is -3.22. The zero-order chi connectivity index (χ0) is 26.2. The molecular weight excluding hydrogens is 472 g/mol. The number of rotatable bonds is 10.